The molecule has 0 aliphatic rings. The Hall–Kier alpha value is -3.07. The molecule has 2 aromatic carbocycles. The molecule has 1 N–H and O–H groups in total. The van der Waals surface area contributed by atoms with Crippen LogP contribution in [0.3, 0.4) is 0 Å². The predicted molar refractivity (Wildman–Crippen MR) is 110 cm³/mol. The molecular formula is C21H21F2N3O3S. The number of halogens is 2. The van der Waals surface area contributed by atoms with Gasteiger partial charge in [0.05, 0.1) is 14.2 Å². The SMILES string of the molecule is COc1cc(OC)cc(C(NC(=O)c2ccc(SC(F)F)cc2)c2nccn2C)c1. The number of benzene rings is 2. The van der Waals surface area contributed by atoms with E-state index in [1.165, 1.54) is 24.3 Å². The minimum atomic E-state index is -2.51. The van der Waals surface area contributed by atoms with Crippen LogP contribution in [0.4, 0.5) is 8.78 Å². The van der Waals surface area contributed by atoms with Gasteiger partial charge in [0, 0.05) is 36.0 Å². The number of amides is 1. The van der Waals surface area contributed by atoms with Gasteiger partial charge in [-0.1, -0.05) is 11.8 Å². The standard InChI is InChI=1S/C21H21F2N3O3S/c1-26-9-8-24-19(26)18(14-10-15(28-2)12-16(11-14)29-3)25-20(27)13-4-6-17(7-5-13)30-21(22)23/h4-12,18,21H,1-3H3,(H,25,27). The molecule has 1 amide bonds. The van der Waals surface area contributed by atoms with Crippen LogP contribution in [0.25, 0.3) is 0 Å². The van der Waals surface area contributed by atoms with E-state index in [1.54, 1.807) is 49.4 Å². The van der Waals surface area contributed by atoms with Gasteiger partial charge in [-0.2, -0.15) is 8.78 Å². The third-order valence-corrected chi connectivity index (χ3v) is 5.16. The molecule has 0 aliphatic carbocycles. The van der Waals surface area contributed by atoms with Crippen molar-refractivity contribution in [1.82, 2.24) is 14.9 Å². The Bertz CT molecular complexity index is 987. The Balaban J connectivity index is 1.93. The number of rotatable bonds is 8. The highest BCUT2D eigenvalue weighted by Crippen LogP contribution is 2.30. The third-order valence-electron chi connectivity index (χ3n) is 4.44. The van der Waals surface area contributed by atoms with Crippen molar-refractivity contribution in [2.45, 2.75) is 16.7 Å². The van der Waals surface area contributed by atoms with Gasteiger partial charge in [0.1, 0.15) is 23.4 Å². The summed E-state index contributed by atoms with van der Waals surface area (Å²) in [6, 6.07) is 10.8. The first-order chi connectivity index (χ1) is 14.4. The zero-order chi connectivity index (χ0) is 21.7. The van der Waals surface area contributed by atoms with Gasteiger partial charge in [-0.3, -0.25) is 4.79 Å². The molecule has 0 fully saturated rings. The van der Waals surface area contributed by atoms with E-state index >= 15 is 0 Å². The molecule has 0 radical (unpaired) electrons. The number of aromatic nitrogens is 2. The monoisotopic (exact) mass is 433 g/mol. The normalized spacial score (nSPS) is 11.9. The van der Waals surface area contributed by atoms with Crippen LogP contribution in [0, 0.1) is 0 Å². The summed E-state index contributed by atoms with van der Waals surface area (Å²) in [7, 11) is 4.92. The minimum Gasteiger partial charge on any atom is -0.497 e. The summed E-state index contributed by atoms with van der Waals surface area (Å²) in [6.07, 6.45) is 3.42. The zero-order valence-electron chi connectivity index (χ0n) is 16.6. The fourth-order valence-electron chi connectivity index (χ4n) is 2.95. The van der Waals surface area contributed by atoms with Crippen LogP contribution in [0.1, 0.15) is 27.8 Å². The number of nitrogens with zero attached hydrogens (tertiary/aromatic N) is 2. The second kappa shape index (κ2) is 9.62. The topological polar surface area (TPSA) is 65.4 Å². The van der Waals surface area contributed by atoms with E-state index in [2.05, 4.69) is 10.3 Å². The van der Waals surface area contributed by atoms with E-state index in [0.29, 0.717) is 39.5 Å². The molecule has 3 aromatic rings. The van der Waals surface area contributed by atoms with Crippen LogP contribution in [0.2, 0.25) is 0 Å². The molecule has 30 heavy (non-hydrogen) atoms. The van der Waals surface area contributed by atoms with Gasteiger partial charge in [-0.25, -0.2) is 4.98 Å². The molecule has 3 rings (SSSR count). The second-order valence-electron chi connectivity index (χ2n) is 6.35. The molecule has 0 saturated heterocycles. The average molecular weight is 433 g/mol. The van der Waals surface area contributed by atoms with Gasteiger partial charge >= 0.3 is 0 Å². The van der Waals surface area contributed by atoms with Crippen LogP contribution in [-0.2, 0) is 7.05 Å². The third kappa shape index (κ3) is 5.10. The number of hydrogen-bond acceptors (Lipinski definition) is 5. The molecule has 0 bridgehead atoms. The summed E-state index contributed by atoms with van der Waals surface area (Å²) in [5.74, 6) is -1.11. The van der Waals surface area contributed by atoms with E-state index in [9.17, 15) is 13.6 Å². The van der Waals surface area contributed by atoms with E-state index in [4.69, 9.17) is 9.47 Å². The quantitative estimate of drug-likeness (QED) is 0.538. The highest BCUT2D eigenvalue weighted by atomic mass is 32.2. The maximum absolute atomic E-state index is 12.9. The second-order valence-corrected chi connectivity index (χ2v) is 7.42. The lowest BCUT2D eigenvalue weighted by atomic mass is 10.0. The Labute approximate surface area is 177 Å². The van der Waals surface area contributed by atoms with Crippen molar-refractivity contribution < 1.29 is 23.0 Å². The maximum atomic E-state index is 12.9. The first-order valence-corrected chi connectivity index (χ1v) is 9.85. The first-order valence-electron chi connectivity index (χ1n) is 8.97. The van der Waals surface area contributed by atoms with Crippen LogP contribution in [0.15, 0.2) is 59.8 Å². The average Bonchev–Trinajstić information content (AvgIpc) is 3.17. The highest BCUT2D eigenvalue weighted by Gasteiger charge is 2.23. The highest BCUT2D eigenvalue weighted by molar-refractivity contribution is 7.99. The van der Waals surface area contributed by atoms with Crippen LogP contribution in [0.5, 0.6) is 11.5 Å². The number of carbonyl (C=O) groups excluding carboxylic acids is 1. The fraction of sp³-hybridized carbons (Fsp3) is 0.238. The van der Waals surface area contributed by atoms with Crippen molar-refractivity contribution in [3.8, 4) is 11.5 Å². The Morgan fingerprint density at radius 1 is 1.10 bits per heavy atom. The summed E-state index contributed by atoms with van der Waals surface area (Å²) >= 11 is 0.432. The molecule has 1 atom stereocenters. The largest absolute Gasteiger partial charge is 0.497 e. The zero-order valence-corrected chi connectivity index (χ0v) is 17.5. The van der Waals surface area contributed by atoms with Crippen LogP contribution < -0.4 is 14.8 Å². The summed E-state index contributed by atoms with van der Waals surface area (Å²) < 4.78 is 37.5. The van der Waals surface area contributed by atoms with Crippen molar-refractivity contribution in [3.63, 3.8) is 0 Å². The van der Waals surface area contributed by atoms with Crippen molar-refractivity contribution in [3.05, 3.63) is 71.8 Å². The van der Waals surface area contributed by atoms with Crippen molar-refractivity contribution in [1.29, 1.82) is 0 Å². The number of methoxy groups -OCH3 is 2. The first kappa shape index (κ1) is 21.6. The number of alkyl halides is 2. The van der Waals surface area contributed by atoms with Gasteiger partial charge in [0.25, 0.3) is 11.7 Å². The van der Waals surface area contributed by atoms with Gasteiger partial charge in [0.15, 0.2) is 0 Å². The van der Waals surface area contributed by atoms with Crippen LogP contribution >= 0.6 is 11.8 Å². The number of ether oxygens (including phenoxy) is 2. The summed E-state index contributed by atoms with van der Waals surface area (Å²) in [5.41, 5.74) is 1.07. The fourth-order valence-corrected chi connectivity index (χ4v) is 3.45. The smallest absolute Gasteiger partial charge is 0.288 e. The van der Waals surface area contributed by atoms with E-state index in [-0.39, 0.29) is 5.91 Å². The number of aryl methyl sites for hydroxylation is 1. The number of imidazole rings is 1. The molecule has 0 aliphatic heterocycles. The van der Waals surface area contributed by atoms with Gasteiger partial charge in [-0.05, 0) is 42.0 Å². The number of hydrogen-bond donors (Lipinski definition) is 1. The molecule has 0 spiro atoms. The Kier molecular flexibility index (Phi) is 6.94. The van der Waals surface area contributed by atoms with Gasteiger partial charge in [-0.15, -0.1) is 0 Å². The van der Waals surface area contributed by atoms with E-state index < -0.39 is 11.8 Å². The Morgan fingerprint density at radius 3 is 2.23 bits per heavy atom. The van der Waals surface area contributed by atoms with E-state index in [0.717, 1.165) is 5.56 Å². The molecule has 1 aromatic heterocycles. The van der Waals surface area contributed by atoms with Crippen molar-refractivity contribution >= 4 is 17.7 Å². The molecule has 6 nitrogen and oxygen atoms in total. The minimum absolute atomic E-state index is 0.350. The van der Waals surface area contributed by atoms with Crippen LogP contribution in [-0.4, -0.2) is 35.4 Å². The summed E-state index contributed by atoms with van der Waals surface area (Å²) in [6.45, 7) is 0. The van der Waals surface area contributed by atoms with Crippen molar-refractivity contribution in [2.75, 3.05) is 14.2 Å². The predicted octanol–water partition coefficient (Wildman–Crippen LogP) is 4.27. The molecule has 9 heteroatoms. The molecular weight excluding hydrogens is 412 g/mol. The van der Waals surface area contributed by atoms with Crippen molar-refractivity contribution in [2.24, 2.45) is 7.05 Å². The lowest BCUT2D eigenvalue weighted by molar-refractivity contribution is 0.0941. The lowest BCUT2D eigenvalue weighted by Gasteiger charge is -2.20. The van der Waals surface area contributed by atoms with E-state index in [1.807, 2.05) is 7.05 Å². The summed E-state index contributed by atoms with van der Waals surface area (Å²) in [5, 5.41) is 2.97. The molecule has 158 valence electrons. The Morgan fingerprint density at radius 2 is 1.73 bits per heavy atom. The summed E-state index contributed by atoms with van der Waals surface area (Å²) in [4.78, 5) is 17.7. The van der Waals surface area contributed by atoms with Gasteiger partial charge < -0.3 is 19.4 Å². The number of nitrogens with one attached hydrogen (secondary N) is 1. The molecule has 1 unspecified atom stereocenters. The number of thioether (sulfide) groups is 1. The maximum Gasteiger partial charge on any atom is 0.288 e. The molecule has 1 heterocycles. The lowest BCUT2D eigenvalue weighted by Crippen LogP contribution is -2.31. The number of carbonyl (C=O) groups is 1. The van der Waals surface area contributed by atoms with Gasteiger partial charge in [0.2, 0.25) is 0 Å². The molecule has 0 saturated carbocycles.